The van der Waals surface area contributed by atoms with Gasteiger partial charge in [0.05, 0.1) is 50.7 Å². The maximum Gasteiger partial charge on any atom is 0.364 e. The Morgan fingerprint density at radius 3 is 1.80 bits per heavy atom. The summed E-state index contributed by atoms with van der Waals surface area (Å²) in [4.78, 5) is 38.2. The second kappa shape index (κ2) is 36.5. The number of carbonyl (C=O) groups excluding carboxylic acids is 2. The highest BCUT2D eigenvalue weighted by Gasteiger charge is 2.60. The number of aliphatic hydroxyl groups excluding tert-OH is 11. The molecule has 0 radical (unpaired) electrons. The molecule has 23 heteroatoms. The van der Waals surface area contributed by atoms with Gasteiger partial charge in [0.2, 0.25) is 11.8 Å². The summed E-state index contributed by atoms with van der Waals surface area (Å²) in [6.07, 6.45) is -1.29. The third-order valence-electron chi connectivity index (χ3n) is 14.1. The Hall–Kier alpha value is -2.79. The molecule has 0 aromatic heterocycles. The number of nitrogens with one attached hydrogen (secondary N) is 2. The van der Waals surface area contributed by atoms with Crippen LogP contribution < -0.4 is 10.6 Å². The minimum Gasteiger partial charge on any atom is -0.477 e. The molecule has 3 rings (SSSR count). The lowest BCUT2D eigenvalue weighted by molar-refractivity contribution is -0.386. The number of amides is 2. The van der Waals surface area contributed by atoms with E-state index in [4.69, 9.17) is 28.4 Å². The van der Waals surface area contributed by atoms with Crippen LogP contribution in [-0.2, 0) is 42.8 Å². The summed E-state index contributed by atoms with van der Waals surface area (Å²) in [6.45, 7) is 1.99. The maximum absolute atomic E-state index is 13.2. The van der Waals surface area contributed by atoms with Gasteiger partial charge in [-0.2, -0.15) is 0 Å². The molecule has 0 aliphatic carbocycles. The van der Waals surface area contributed by atoms with Crippen molar-refractivity contribution in [2.24, 2.45) is 0 Å². The number of hydrogen-bond acceptors (Lipinski definition) is 20. The molecule has 23 nitrogen and oxygen atoms in total. The monoisotopic (exact) mass is 1090 g/mol. The Morgan fingerprint density at radius 2 is 1.24 bits per heavy atom. The van der Waals surface area contributed by atoms with Crippen LogP contribution in [-0.4, -0.2) is 215 Å². The summed E-state index contributed by atoms with van der Waals surface area (Å²) < 4.78 is 34.5. The summed E-state index contributed by atoms with van der Waals surface area (Å²) in [7, 11) is 0. The zero-order chi connectivity index (χ0) is 56.2. The van der Waals surface area contributed by atoms with Crippen molar-refractivity contribution in [1.82, 2.24) is 10.6 Å². The van der Waals surface area contributed by atoms with Gasteiger partial charge >= 0.3 is 5.97 Å². The molecule has 0 aromatic carbocycles. The Kier molecular flexibility index (Phi) is 32.4. The van der Waals surface area contributed by atoms with E-state index in [0.717, 1.165) is 51.9 Å². The average molecular weight is 1100 g/mol. The smallest absolute Gasteiger partial charge is 0.364 e. The molecule has 3 aliphatic heterocycles. The van der Waals surface area contributed by atoms with Gasteiger partial charge in [0.1, 0.15) is 67.1 Å². The third kappa shape index (κ3) is 21.7. The van der Waals surface area contributed by atoms with Gasteiger partial charge in [0.25, 0.3) is 5.79 Å². The van der Waals surface area contributed by atoms with E-state index < -0.39 is 155 Å². The van der Waals surface area contributed by atoms with Gasteiger partial charge in [-0.3, -0.25) is 9.59 Å². The maximum atomic E-state index is 13.2. The summed E-state index contributed by atoms with van der Waals surface area (Å²) >= 11 is 0. The highest BCUT2D eigenvalue weighted by Crippen LogP contribution is 2.38. The molecule has 18 unspecified atom stereocenters. The molecule has 3 saturated heterocycles. The van der Waals surface area contributed by atoms with Crippen LogP contribution in [0.25, 0.3) is 0 Å². The number of ether oxygens (including phenoxy) is 6. The van der Waals surface area contributed by atoms with Crippen molar-refractivity contribution in [2.75, 3.05) is 26.4 Å². The molecule has 3 aliphatic rings. The predicted octanol–water partition coefficient (Wildman–Crippen LogP) is 0.601. The van der Waals surface area contributed by atoms with Crippen LogP contribution in [0.1, 0.15) is 156 Å². The second-order valence-corrected chi connectivity index (χ2v) is 20.4. The van der Waals surface area contributed by atoms with E-state index in [-0.39, 0.29) is 12.3 Å². The molecule has 442 valence electrons. The first-order valence-electron chi connectivity index (χ1n) is 27.7. The number of hydrogen-bond donors (Lipinski definition) is 14. The number of allylic oxidation sites excluding steroid dienone is 3. The zero-order valence-corrected chi connectivity index (χ0v) is 44.8. The lowest BCUT2D eigenvalue weighted by Gasteiger charge is -2.50. The lowest BCUT2D eigenvalue weighted by atomic mass is 9.88. The normalized spacial score (nSPS) is 31.8. The highest BCUT2D eigenvalue weighted by atomic mass is 16.8. The molecular formula is C53H94N2O21. The van der Waals surface area contributed by atoms with Gasteiger partial charge < -0.3 is 100 Å². The minimum atomic E-state index is -3.08. The van der Waals surface area contributed by atoms with Crippen molar-refractivity contribution in [3.8, 4) is 0 Å². The molecule has 3 fully saturated rings. The van der Waals surface area contributed by atoms with Crippen LogP contribution in [0.4, 0.5) is 0 Å². The quantitative estimate of drug-likeness (QED) is 0.0297. The van der Waals surface area contributed by atoms with Crippen molar-refractivity contribution in [3.63, 3.8) is 0 Å². The van der Waals surface area contributed by atoms with Gasteiger partial charge in [-0.1, -0.05) is 122 Å². The van der Waals surface area contributed by atoms with E-state index in [2.05, 4.69) is 30.6 Å². The topological polar surface area (TPSA) is 373 Å². The van der Waals surface area contributed by atoms with Crippen LogP contribution in [0, 0.1) is 0 Å². The first-order chi connectivity index (χ1) is 36.4. The molecular weight excluding hydrogens is 1000 g/mol. The minimum absolute atomic E-state index is 0.150. The van der Waals surface area contributed by atoms with Crippen molar-refractivity contribution in [1.29, 1.82) is 0 Å². The van der Waals surface area contributed by atoms with Crippen LogP contribution in [0.3, 0.4) is 0 Å². The molecule has 0 bridgehead atoms. The van der Waals surface area contributed by atoms with Crippen molar-refractivity contribution >= 4 is 17.8 Å². The number of aliphatic hydroxyl groups is 11. The molecule has 76 heavy (non-hydrogen) atoms. The van der Waals surface area contributed by atoms with Gasteiger partial charge in [-0.05, 0) is 38.5 Å². The summed E-state index contributed by atoms with van der Waals surface area (Å²) in [5.74, 6) is -6.19. The van der Waals surface area contributed by atoms with Gasteiger partial charge in [-0.25, -0.2) is 4.79 Å². The second-order valence-electron chi connectivity index (χ2n) is 20.4. The van der Waals surface area contributed by atoms with Crippen LogP contribution in [0.15, 0.2) is 24.3 Å². The lowest BCUT2D eigenvalue weighted by Crippen LogP contribution is -2.70. The molecule has 0 aromatic rings. The number of unbranched alkanes of at least 4 members (excludes halogenated alkanes) is 16. The predicted molar refractivity (Wildman–Crippen MR) is 274 cm³/mol. The SMILES string of the molecule is CCCCCC/C=C\CCCC(=O)NC(COC1OC(CO)C(OC2OC(CO)C(O)C(OC3(C(=O)O)CC(O)C(NC(C)=O)C(C(O)C(O)CO)O3)C2O)C(O)C1O)C(O)/C=C/CCCCCCCCCCCCC. The van der Waals surface area contributed by atoms with E-state index in [1.54, 1.807) is 6.08 Å². The fourth-order valence-corrected chi connectivity index (χ4v) is 9.59. The van der Waals surface area contributed by atoms with Crippen LogP contribution in [0.5, 0.6) is 0 Å². The van der Waals surface area contributed by atoms with Crippen LogP contribution >= 0.6 is 0 Å². The van der Waals surface area contributed by atoms with E-state index in [1.165, 1.54) is 57.8 Å². The number of carboxylic acids is 1. The fraction of sp³-hybridized carbons (Fsp3) is 0.868. The van der Waals surface area contributed by atoms with Crippen molar-refractivity contribution in [2.45, 2.75) is 265 Å². The highest BCUT2D eigenvalue weighted by molar-refractivity contribution is 5.77. The van der Waals surface area contributed by atoms with Gasteiger partial charge in [-0.15, -0.1) is 0 Å². The Balaban J connectivity index is 1.73. The van der Waals surface area contributed by atoms with Gasteiger partial charge in [0, 0.05) is 19.8 Å². The number of carboxylic acid groups (broad SMARTS) is 1. The first-order valence-corrected chi connectivity index (χ1v) is 27.7. The first kappa shape index (κ1) is 67.5. The molecule has 0 spiro atoms. The third-order valence-corrected chi connectivity index (χ3v) is 14.1. The number of aliphatic carboxylic acids is 1. The fourth-order valence-electron chi connectivity index (χ4n) is 9.59. The Labute approximate surface area is 447 Å². The van der Waals surface area contributed by atoms with E-state index in [0.29, 0.717) is 19.3 Å². The van der Waals surface area contributed by atoms with Crippen molar-refractivity contribution < 1.29 is 104 Å². The average Bonchev–Trinajstić information content (AvgIpc) is 3.41. The number of rotatable bonds is 38. The standard InChI is InChI=1S/C53H94N2O21/c1-4-6-8-10-12-14-15-16-17-19-20-22-24-26-35(60)34(55-40(63)27-25-23-21-18-13-11-9-7-5-2)32-71-50-45(67)44(66)47(39(31-58)73-50)74-51-46(68)49(43(65)38(30-57)72-51)76-53(52(69)70)28-36(61)41(54-33(3)59)48(75-53)42(64)37(62)29-56/h18,21,24,26,34-39,41-51,56-58,60-62,64-68H,4-17,19-20,22-23,25,27-32H2,1-3H3,(H,54,59)(H,55,63)(H,69,70)/b21-18-,26-24+. The summed E-state index contributed by atoms with van der Waals surface area (Å²) in [5, 5.41) is 135. The largest absolute Gasteiger partial charge is 0.477 e. The summed E-state index contributed by atoms with van der Waals surface area (Å²) in [6, 6.07) is -2.63. The number of carbonyl (C=O) groups is 3. The van der Waals surface area contributed by atoms with Crippen molar-refractivity contribution in [3.05, 3.63) is 24.3 Å². The van der Waals surface area contributed by atoms with E-state index in [1.807, 2.05) is 12.2 Å². The Morgan fingerprint density at radius 1 is 0.684 bits per heavy atom. The van der Waals surface area contributed by atoms with E-state index in [9.17, 15) is 75.7 Å². The zero-order valence-electron chi connectivity index (χ0n) is 44.8. The summed E-state index contributed by atoms with van der Waals surface area (Å²) in [5.41, 5.74) is 0. The van der Waals surface area contributed by atoms with Gasteiger partial charge in [0.15, 0.2) is 12.6 Å². The van der Waals surface area contributed by atoms with Crippen LogP contribution in [0.2, 0.25) is 0 Å². The molecule has 18 atom stereocenters. The Bertz CT molecular complexity index is 1680. The molecule has 3 heterocycles. The molecule has 0 saturated carbocycles. The molecule has 14 N–H and O–H groups in total. The van der Waals surface area contributed by atoms with E-state index >= 15 is 0 Å². The molecule has 2 amide bonds.